The number of aryl methyl sites for hydroxylation is 2. The minimum atomic E-state index is -0.0488. The van der Waals surface area contributed by atoms with Crippen LogP contribution in [0.3, 0.4) is 0 Å². The number of nitrogens with zero attached hydrogens (tertiary/aromatic N) is 1. The van der Waals surface area contributed by atoms with Crippen molar-refractivity contribution >= 4 is 17.6 Å². The summed E-state index contributed by atoms with van der Waals surface area (Å²) >= 11 is 0. The molecule has 0 aliphatic carbocycles. The van der Waals surface area contributed by atoms with Gasteiger partial charge in [-0.2, -0.15) is 0 Å². The number of piperidine rings is 1. The molecule has 1 aliphatic rings. The quantitative estimate of drug-likeness (QED) is 0.889. The molecule has 132 valence electrons. The number of rotatable bonds is 4. The Morgan fingerprint density at radius 2 is 1.92 bits per heavy atom. The molecule has 0 spiro atoms. The highest BCUT2D eigenvalue weighted by Crippen LogP contribution is 2.22. The van der Waals surface area contributed by atoms with Gasteiger partial charge >= 0.3 is 6.03 Å². The van der Waals surface area contributed by atoms with Crippen molar-refractivity contribution in [1.29, 1.82) is 0 Å². The molecule has 1 saturated heterocycles. The van der Waals surface area contributed by atoms with Crippen LogP contribution in [0.25, 0.3) is 0 Å². The van der Waals surface area contributed by atoms with Crippen molar-refractivity contribution in [2.75, 3.05) is 25.0 Å². The lowest BCUT2D eigenvalue weighted by Gasteiger charge is -2.33. The summed E-state index contributed by atoms with van der Waals surface area (Å²) in [6.07, 6.45) is 2.02. The second-order valence-electron chi connectivity index (χ2n) is 7.05. The van der Waals surface area contributed by atoms with E-state index < -0.39 is 0 Å². The lowest BCUT2D eigenvalue weighted by molar-refractivity contribution is -0.124. The zero-order chi connectivity index (χ0) is 17.7. The molecule has 1 unspecified atom stereocenters. The Hall–Kier alpha value is -2.04. The third-order valence-electron chi connectivity index (χ3n) is 4.61. The topological polar surface area (TPSA) is 61.4 Å². The Kier molecular flexibility index (Phi) is 6.23. The van der Waals surface area contributed by atoms with Crippen LogP contribution in [0, 0.1) is 25.7 Å². The number of hydrogen-bond acceptors (Lipinski definition) is 2. The number of para-hydroxylation sites is 1. The standard InChI is InChI=1S/C19H29N3O2/c1-13(2)18(23)20-11-16-9-6-10-22(12-16)19(24)21-17-14(3)7-5-8-15(17)4/h5,7-8,13,16H,6,9-12H2,1-4H3,(H,20,23)(H,21,24). The van der Waals surface area contributed by atoms with Crippen LogP contribution >= 0.6 is 0 Å². The molecular weight excluding hydrogens is 302 g/mol. The van der Waals surface area contributed by atoms with Crippen molar-refractivity contribution in [3.63, 3.8) is 0 Å². The fourth-order valence-electron chi connectivity index (χ4n) is 3.06. The summed E-state index contributed by atoms with van der Waals surface area (Å²) in [5.74, 6) is 0.398. The zero-order valence-electron chi connectivity index (χ0n) is 15.2. The molecule has 1 aromatic carbocycles. The lowest BCUT2D eigenvalue weighted by Crippen LogP contribution is -2.45. The average Bonchev–Trinajstić information content (AvgIpc) is 2.56. The normalized spacial score (nSPS) is 17.7. The number of carbonyl (C=O) groups excluding carboxylic acids is 2. The Labute approximate surface area is 144 Å². The number of carbonyl (C=O) groups is 2. The van der Waals surface area contributed by atoms with E-state index in [0.29, 0.717) is 19.0 Å². The molecule has 1 aliphatic heterocycles. The Morgan fingerprint density at radius 1 is 1.25 bits per heavy atom. The number of amides is 3. The Morgan fingerprint density at radius 3 is 2.54 bits per heavy atom. The van der Waals surface area contributed by atoms with Crippen LogP contribution < -0.4 is 10.6 Å². The average molecular weight is 331 g/mol. The molecule has 24 heavy (non-hydrogen) atoms. The van der Waals surface area contributed by atoms with Crippen molar-refractivity contribution in [2.24, 2.45) is 11.8 Å². The van der Waals surface area contributed by atoms with Crippen molar-refractivity contribution < 1.29 is 9.59 Å². The second kappa shape index (κ2) is 8.18. The summed E-state index contributed by atoms with van der Waals surface area (Å²) in [7, 11) is 0. The van der Waals surface area contributed by atoms with Crippen molar-refractivity contribution in [1.82, 2.24) is 10.2 Å². The van der Waals surface area contributed by atoms with Crippen LogP contribution in [0.15, 0.2) is 18.2 Å². The smallest absolute Gasteiger partial charge is 0.321 e. The first kappa shape index (κ1) is 18.3. The number of likely N-dealkylation sites (tertiary alicyclic amines) is 1. The van der Waals surface area contributed by atoms with Crippen LogP contribution in [0.5, 0.6) is 0 Å². The molecule has 2 N–H and O–H groups in total. The molecule has 2 rings (SSSR count). The Bertz CT molecular complexity index is 578. The van der Waals surface area contributed by atoms with Gasteiger partial charge in [-0.3, -0.25) is 4.79 Å². The van der Waals surface area contributed by atoms with E-state index in [1.165, 1.54) is 0 Å². The fourth-order valence-corrected chi connectivity index (χ4v) is 3.06. The van der Waals surface area contributed by atoms with E-state index in [4.69, 9.17) is 0 Å². The van der Waals surface area contributed by atoms with Gasteiger partial charge < -0.3 is 15.5 Å². The van der Waals surface area contributed by atoms with Crippen LogP contribution in [-0.2, 0) is 4.79 Å². The molecule has 1 fully saturated rings. The summed E-state index contributed by atoms with van der Waals surface area (Å²) in [5.41, 5.74) is 3.04. The van der Waals surface area contributed by atoms with Gasteiger partial charge in [-0.05, 0) is 43.7 Å². The monoisotopic (exact) mass is 331 g/mol. The summed E-state index contributed by atoms with van der Waals surface area (Å²) in [4.78, 5) is 26.2. The number of anilines is 1. The van der Waals surface area contributed by atoms with E-state index in [0.717, 1.165) is 36.2 Å². The molecule has 1 atom stereocenters. The van der Waals surface area contributed by atoms with Crippen LogP contribution in [0.2, 0.25) is 0 Å². The lowest BCUT2D eigenvalue weighted by atomic mass is 9.98. The van der Waals surface area contributed by atoms with Crippen LogP contribution in [0.1, 0.15) is 37.8 Å². The first-order chi connectivity index (χ1) is 11.4. The van der Waals surface area contributed by atoms with Gasteiger partial charge in [-0.15, -0.1) is 0 Å². The molecule has 1 heterocycles. The van der Waals surface area contributed by atoms with Gasteiger partial charge in [0.1, 0.15) is 0 Å². The molecular formula is C19H29N3O2. The summed E-state index contributed by atoms with van der Waals surface area (Å²) in [6.45, 7) is 9.89. The SMILES string of the molecule is Cc1cccc(C)c1NC(=O)N1CCCC(CNC(=O)C(C)C)C1. The predicted molar refractivity (Wildman–Crippen MR) is 97.1 cm³/mol. The molecule has 0 saturated carbocycles. The highest BCUT2D eigenvalue weighted by molar-refractivity contribution is 5.91. The number of hydrogen-bond donors (Lipinski definition) is 2. The van der Waals surface area contributed by atoms with Gasteiger partial charge in [-0.25, -0.2) is 4.79 Å². The van der Waals surface area contributed by atoms with Gasteiger partial charge in [0.05, 0.1) is 0 Å². The highest BCUT2D eigenvalue weighted by Gasteiger charge is 2.24. The molecule has 0 bridgehead atoms. The van der Waals surface area contributed by atoms with E-state index in [1.807, 2.05) is 50.8 Å². The number of benzene rings is 1. The van der Waals surface area contributed by atoms with E-state index in [9.17, 15) is 9.59 Å². The highest BCUT2D eigenvalue weighted by atomic mass is 16.2. The molecule has 1 aromatic rings. The largest absolute Gasteiger partial charge is 0.356 e. The van der Waals surface area contributed by atoms with E-state index in [-0.39, 0.29) is 17.9 Å². The second-order valence-corrected chi connectivity index (χ2v) is 7.05. The van der Waals surface area contributed by atoms with Gasteiger partial charge in [-0.1, -0.05) is 32.0 Å². The number of urea groups is 1. The molecule has 3 amide bonds. The van der Waals surface area contributed by atoms with Gasteiger partial charge in [0.25, 0.3) is 0 Å². The zero-order valence-corrected chi connectivity index (χ0v) is 15.2. The van der Waals surface area contributed by atoms with E-state index >= 15 is 0 Å². The maximum atomic E-state index is 12.6. The maximum Gasteiger partial charge on any atom is 0.321 e. The molecule has 0 radical (unpaired) electrons. The van der Waals surface area contributed by atoms with Gasteiger partial charge in [0.15, 0.2) is 0 Å². The fraction of sp³-hybridized carbons (Fsp3) is 0.579. The summed E-state index contributed by atoms with van der Waals surface area (Å²) < 4.78 is 0. The van der Waals surface area contributed by atoms with E-state index in [2.05, 4.69) is 10.6 Å². The van der Waals surface area contributed by atoms with Crippen molar-refractivity contribution in [3.05, 3.63) is 29.3 Å². The van der Waals surface area contributed by atoms with E-state index in [1.54, 1.807) is 0 Å². The molecule has 5 heteroatoms. The minimum absolute atomic E-state index is 0.00276. The first-order valence-corrected chi connectivity index (χ1v) is 8.78. The van der Waals surface area contributed by atoms with Gasteiger partial charge in [0, 0.05) is 31.2 Å². The van der Waals surface area contributed by atoms with Crippen LogP contribution in [-0.4, -0.2) is 36.5 Å². The molecule has 0 aromatic heterocycles. The first-order valence-electron chi connectivity index (χ1n) is 8.78. The van der Waals surface area contributed by atoms with Gasteiger partial charge in [0.2, 0.25) is 5.91 Å². The van der Waals surface area contributed by atoms with Crippen molar-refractivity contribution in [3.8, 4) is 0 Å². The predicted octanol–water partition coefficient (Wildman–Crippen LogP) is 3.32. The molecule has 5 nitrogen and oxygen atoms in total. The van der Waals surface area contributed by atoms with Crippen molar-refractivity contribution in [2.45, 2.75) is 40.5 Å². The summed E-state index contributed by atoms with van der Waals surface area (Å²) in [6, 6.07) is 5.95. The number of nitrogens with one attached hydrogen (secondary N) is 2. The third-order valence-corrected chi connectivity index (χ3v) is 4.61. The minimum Gasteiger partial charge on any atom is -0.356 e. The maximum absolute atomic E-state index is 12.6. The summed E-state index contributed by atoms with van der Waals surface area (Å²) in [5, 5.41) is 6.03. The third kappa shape index (κ3) is 4.73. The van der Waals surface area contributed by atoms with Crippen LogP contribution in [0.4, 0.5) is 10.5 Å². The Balaban J connectivity index is 1.92.